The zero-order valence-electron chi connectivity index (χ0n) is 13.5. The van der Waals surface area contributed by atoms with Crippen molar-refractivity contribution in [3.63, 3.8) is 0 Å². The van der Waals surface area contributed by atoms with Crippen molar-refractivity contribution < 1.29 is 0 Å². The quantitative estimate of drug-likeness (QED) is 0.863. The highest BCUT2D eigenvalue weighted by Gasteiger charge is 2.21. The molecular formula is C17H20N6. The van der Waals surface area contributed by atoms with Gasteiger partial charge in [0.15, 0.2) is 0 Å². The maximum atomic E-state index is 8.83. The number of hydrogen-bond acceptors (Lipinski definition) is 6. The number of nitriles is 1. The van der Waals surface area contributed by atoms with E-state index < -0.39 is 0 Å². The van der Waals surface area contributed by atoms with Gasteiger partial charge in [0.1, 0.15) is 23.9 Å². The van der Waals surface area contributed by atoms with Crippen molar-refractivity contribution in [2.75, 3.05) is 36.0 Å². The summed E-state index contributed by atoms with van der Waals surface area (Å²) < 4.78 is 0. The Morgan fingerprint density at radius 1 is 1.09 bits per heavy atom. The van der Waals surface area contributed by atoms with Crippen molar-refractivity contribution in [3.05, 3.63) is 41.6 Å². The molecule has 1 fully saturated rings. The molecule has 6 heteroatoms. The van der Waals surface area contributed by atoms with Crippen molar-refractivity contribution in [2.45, 2.75) is 20.3 Å². The smallest absolute Gasteiger partial charge is 0.140 e. The largest absolute Gasteiger partial charge is 0.367 e. The highest BCUT2D eigenvalue weighted by molar-refractivity contribution is 5.52. The third kappa shape index (κ3) is 3.09. The average Bonchev–Trinajstić information content (AvgIpc) is 2.62. The van der Waals surface area contributed by atoms with Gasteiger partial charge in [0.2, 0.25) is 0 Å². The van der Waals surface area contributed by atoms with Gasteiger partial charge in [0.25, 0.3) is 0 Å². The third-order valence-electron chi connectivity index (χ3n) is 4.30. The van der Waals surface area contributed by atoms with Crippen LogP contribution < -0.4 is 9.80 Å². The SMILES string of the molecule is CCc1c(C)ncnc1N1CCN(c2ccc(C#N)nc2)CC1. The number of piperazine rings is 1. The van der Waals surface area contributed by atoms with E-state index >= 15 is 0 Å². The predicted octanol–water partition coefficient (Wildman–Crippen LogP) is 1.94. The highest BCUT2D eigenvalue weighted by atomic mass is 15.3. The van der Waals surface area contributed by atoms with Crippen molar-refractivity contribution >= 4 is 11.5 Å². The average molecular weight is 308 g/mol. The number of aryl methyl sites for hydroxylation is 1. The van der Waals surface area contributed by atoms with Crippen LogP contribution in [0.4, 0.5) is 11.5 Å². The lowest BCUT2D eigenvalue weighted by molar-refractivity contribution is 0.642. The van der Waals surface area contributed by atoms with Crippen LogP contribution in [-0.4, -0.2) is 41.1 Å². The van der Waals surface area contributed by atoms with Crippen LogP contribution in [0.5, 0.6) is 0 Å². The Morgan fingerprint density at radius 3 is 2.43 bits per heavy atom. The van der Waals surface area contributed by atoms with Gasteiger partial charge in [-0.2, -0.15) is 5.26 Å². The molecule has 0 atom stereocenters. The summed E-state index contributed by atoms with van der Waals surface area (Å²) in [6, 6.07) is 5.79. The Bertz CT molecular complexity index is 711. The number of rotatable bonds is 3. The van der Waals surface area contributed by atoms with Crippen molar-refractivity contribution in [2.24, 2.45) is 0 Å². The van der Waals surface area contributed by atoms with Gasteiger partial charge in [-0.15, -0.1) is 0 Å². The molecule has 3 heterocycles. The van der Waals surface area contributed by atoms with Crippen LogP contribution in [0.25, 0.3) is 0 Å². The van der Waals surface area contributed by atoms with Crippen LogP contribution in [-0.2, 0) is 6.42 Å². The lowest BCUT2D eigenvalue weighted by Crippen LogP contribution is -2.47. The highest BCUT2D eigenvalue weighted by Crippen LogP contribution is 2.23. The number of hydrogen-bond donors (Lipinski definition) is 0. The fourth-order valence-corrected chi connectivity index (χ4v) is 2.99. The second kappa shape index (κ2) is 6.61. The van der Waals surface area contributed by atoms with Gasteiger partial charge in [0.05, 0.1) is 11.9 Å². The molecule has 0 N–H and O–H groups in total. The van der Waals surface area contributed by atoms with Crippen LogP contribution in [0.15, 0.2) is 24.7 Å². The van der Waals surface area contributed by atoms with Gasteiger partial charge < -0.3 is 9.80 Å². The standard InChI is InChI=1S/C17H20N6/c1-3-16-13(2)20-12-21-17(16)23-8-6-22(7-9-23)15-5-4-14(10-18)19-11-15/h4-5,11-12H,3,6-9H2,1-2H3. The van der Waals surface area contributed by atoms with Gasteiger partial charge >= 0.3 is 0 Å². The van der Waals surface area contributed by atoms with E-state index in [0.717, 1.165) is 49.8 Å². The molecule has 1 saturated heterocycles. The zero-order valence-corrected chi connectivity index (χ0v) is 13.5. The summed E-state index contributed by atoms with van der Waals surface area (Å²) in [5, 5.41) is 8.83. The summed E-state index contributed by atoms with van der Waals surface area (Å²) in [6.07, 6.45) is 4.38. The molecule has 1 aliphatic rings. The van der Waals surface area contributed by atoms with E-state index in [1.54, 1.807) is 18.6 Å². The summed E-state index contributed by atoms with van der Waals surface area (Å²) in [4.78, 5) is 17.6. The molecule has 3 rings (SSSR count). The molecule has 0 amide bonds. The summed E-state index contributed by atoms with van der Waals surface area (Å²) in [6.45, 7) is 7.86. The topological polar surface area (TPSA) is 68.9 Å². The second-order valence-electron chi connectivity index (χ2n) is 5.60. The Labute approximate surface area is 136 Å². The molecule has 2 aromatic rings. The molecule has 1 aliphatic heterocycles. The Hall–Kier alpha value is -2.68. The molecule has 0 aromatic carbocycles. The molecule has 6 nitrogen and oxygen atoms in total. The Balaban J connectivity index is 1.71. The minimum Gasteiger partial charge on any atom is -0.367 e. The van der Waals surface area contributed by atoms with Crippen molar-refractivity contribution in [3.8, 4) is 6.07 Å². The molecule has 0 aliphatic carbocycles. The Morgan fingerprint density at radius 2 is 1.83 bits per heavy atom. The first-order valence-corrected chi connectivity index (χ1v) is 7.89. The van der Waals surface area contributed by atoms with Gasteiger partial charge in [-0.3, -0.25) is 0 Å². The minimum atomic E-state index is 0.455. The zero-order chi connectivity index (χ0) is 16.2. The first-order chi connectivity index (χ1) is 11.2. The van der Waals surface area contributed by atoms with Crippen molar-refractivity contribution in [1.29, 1.82) is 5.26 Å². The summed E-state index contributed by atoms with van der Waals surface area (Å²) in [7, 11) is 0. The van der Waals surface area contributed by atoms with E-state index in [0.29, 0.717) is 5.69 Å². The molecular weight excluding hydrogens is 288 g/mol. The lowest BCUT2D eigenvalue weighted by Gasteiger charge is -2.37. The van der Waals surface area contributed by atoms with E-state index in [-0.39, 0.29) is 0 Å². The van der Waals surface area contributed by atoms with Crippen molar-refractivity contribution in [1.82, 2.24) is 15.0 Å². The molecule has 0 radical (unpaired) electrons. The summed E-state index contributed by atoms with van der Waals surface area (Å²) >= 11 is 0. The van der Waals surface area contributed by atoms with Gasteiger partial charge in [-0.1, -0.05) is 6.92 Å². The lowest BCUT2D eigenvalue weighted by atomic mass is 10.1. The molecule has 0 spiro atoms. The normalized spacial score (nSPS) is 14.7. The summed E-state index contributed by atoms with van der Waals surface area (Å²) in [5.41, 5.74) is 3.83. The summed E-state index contributed by atoms with van der Waals surface area (Å²) in [5.74, 6) is 1.07. The maximum absolute atomic E-state index is 8.83. The molecule has 2 aromatic heterocycles. The second-order valence-corrected chi connectivity index (χ2v) is 5.60. The monoisotopic (exact) mass is 308 g/mol. The molecule has 0 bridgehead atoms. The maximum Gasteiger partial charge on any atom is 0.140 e. The first-order valence-electron chi connectivity index (χ1n) is 7.89. The predicted molar refractivity (Wildman–Crippen MR) is 89.5 cm³/mol. The van der Waals surface area contributed by atoms with Gasteiger partial charge in [-0.05, 0) is 25.5 Å². The van der Waals surface area contributed by atoms with Crippen LogP contribution in [0.1, 0.15) is 23.9 Å². The molecule has 0 unspecified atom stereocenters. The van der Waals surface area contributed by atoms with E-state index in [2.05, 4.69) is 37.7 Å². The molecule has 23 heavy (non-hydrogen) atoms. The van der Waals surface area contributed by atoms with Crippen LogP contribution in [0.2, 0.25) is 0 Å². The van der Waals surface area contributed by atoms with Gasteiger partial charge in [-0.25, -0.2) is 15.0 Å². The number of anilines is 2. The van der Waals surface area contributed by atoms with Gasteiger partial charge in [0, 0.05) is 37.4 Å². The van der Waals surface area contributed by atoms with Crippen LogP contribution >= 0.6 is 0 Å². The van der Waals surface area contributed by atoms with Crippen LogP contribution in [0.3, 0.4) is 0 Å². The minimum absolute atomic E-state index is 0.455. The van der Waals surface area contributed by atoms with E-state index in [1.165, 1.54) is 5.56 Å². The third-order valence-corrected chi connectivity index (χ3v) is 4.30. The van der Waals surface area contributed by atoms with E-state index in [4.69, 9.17) is 5.26 Å². The first kappa shape index (κ1) is 15.2. The molecule has 118 valence electrons. The van der Waals surface area contributed by atoms with Crippen LogP contribution in [0, 0.1) is 18.3 Å². The Kier molecular flexibility index (Phi) is 4.38. The molecule has 0 saturated carbocycles. The fourth-order valence-electron chi connectivity index (χ4n) is 2.99. The number of nitrogens with zero attached hydrogens (tertiary/aromatic N) is 6. The van der Waals surface area contributed by atoms with E-state index in [1.807, 2.05) is 13.0 Å². The van der Waals surface area contributed by atoms with E-state index in [9.17, 15) is 0 Å². The number of pyridine rings is 1. The fraction of sp³-hybridized carbons (Fsp3) is 0.412. The number of aromatic nitrogens is 3.